The molecule has 0 bridgehead atoms. The molecule has 3 rings (SSSR count). The highest BCUT2D eigenvalue weighted by Gasteiger charge is 2.33. The van der Waals surface area contributed by atoms with Gasteiger partial charge in [0.1, 0.15) is 5.69 Å². The summed E-state index contributed by atoms with van der Waals surface area (Å²) in [5.74, 6) is -0.0169. The number of carbonyl (C=O) groups is 1. The minimum absolute atomic E-state index is 0.0169. The fraction of sp³-hybridized carbons (Fsp3) is 0.308. The molecule has 0 saturated heterocycles. The number of hydrogen-bond donors (Lipinski definition) is 0. The van der Waals surface area contributed by atoms with Gasteiger partial charge in [-0.05, 0) is 35.2 Å². The number of thiophene rings is 1. The Hall–Kier alpha value is -1.75. The summed E-state index contributed by atoms with van der Waals surface area (Å²) in [4.78, 5) is 22.3. The van der Waals surface area contributed by atoms with Crippen LogP contribution in [0.1, 0.15) is 28.9 Å². The third-order valence-corrected chi connectivity index (χ3v) is 3.70. The van der Waals surface area contributed by atoms with Crippen LogP contribution in [0, 0.1) is 0 Å². The molecule has 0 aromatic carbocycles. The van der Waals surface area contributed by atoms with Crippen molar-refractivity contribution >= 4 is 17.2 Å². The van der Waals surface area contributed by atoms with Crippen LogP contribution < -0.4 is 0 Å². The van der Waals surface area contributed by atoms with Crippen LogP contribution >= 0.6 is 11.3 Å². The zero-order chi connectivity index (χ0) is 12.4. The number of rotatable bonds is 4. The van der Waals surface area contributed by atoms with E-state index in [1.165, 1.54) is 11.8 Å². The Labute approximate surface area is 109 Å². The Bertz CT molecular complexity index is 522. The predicted octanol–water partition coefficient (Wildman–Crippen LogP) is 2.34. The summed E-state index contributed by atoms with van der Waals surface area (Å²) < 4.78 is 0. The summed E-state index contributed by atoms with van der Waals surface area (Å²) in [6.45, 7) is 0.670. The maximum absolute atomic E-state index is 12.4. The lowest BCUT2D eigenvalue weighted by molar-refractivity contribution is 0.0723. The summed E-state index contributed by atoms with van der Waals surface area (Å²) >= 11 is 1.66. The Morgan fingerprint density at radius 3 is 2.94 bits per heavy atom. The molecule has 1 fully saturated rings. The van der Waals surface area contributed by atoms with Crippen molar-refractivity contribution in [1.82, 2.24) is 14.9 Å². The number of carbonyl (C=O) groups excluding carboxylic acids is 1. The topological polar surface area (TPSA) is 46.1 Å². The van der Waals surface area contributed by atoms with E-state index in [0.717, 1.165) is 12.8 Å². The monoisotopic (exact) mass is 259 g/mol. The molecule has 0 N–H and O–H groups in total. The van der Waals surface area contributed by atoms with E-state index in [4.69, 9.17) is 0 Å². The Balaban J connectivity index is 1.80. The average molecular weight is 259 g/mol. The lowest BCUT2D eigenvalue weighted by Gasteiger charge is -2.21. The number of nitrogens with zero attached hydrogens (tertiary/aromatic N) is 3. The molecule has 0 spiro atoms. The van der Waals surface area contributed by atoms with Crippen LogP contribution in [0.2, 0.25) is 0 Å². The van der Waals surface area contributed by atoms with Gasteiger partial charge in [0.15, 0.2) is 0 Å². The van der Waals surface area contributed by atoms with Crippen molar-refractivity contribution in [3.63, 3.8) is 0 Å². The van der Waals surface area contributed by atoms with Gasteiger partial charge in [0.05, 0.1) is 6.20 Å². The van der Waals surface area contributed by atoms with E-state index in [-0.39, 0.29) is 5.91 Å². The van der Waals surface area contributed by atoms with Gasteiger partial charge in [-0.2, -0.15) is 11.3 Å². The largest absolute Gasteiger partial charge is 0.330 e. The minimum atomic E-state index is -0.0169. The summed E-state index contributed by atoms with van der Waals surface area (Å²) in [5, 5.41) is 4.12. The molecule has 0 unspecified atom stereocenters. The van der Waals surface area contributed by atoms with Crippen molar-refractivity contribution in [3.8, 4) is 0 Å². The zero-order valence-corrected chi connectivity index (χ0v) is 10.6. The second-order valence-corrected chi connectivity index (χ2v) is 5.17. The van der Waals surface area contributed by atoms with Gasteiger partial charge in [0, 0.05) is 25.0 Å². The molecule has 2 aromatic heterocycles. The van der Waals surface area contributed by atoms with E-state index >= 15 is 0 Å². The normalized spacial score (nSPS) is 14.4. The molecule has 1 amide bonds. The van der Waals surface area contributed by atoms with Crippen LogP contribution in [-0.2, 0) is 6.54 Å². The highest BCUT2D eigenvalue weighted by Crippen LogP contribution is 2.29. The highest BCUT2D eigenvalue weighted by atomic mass is 32.1. The van der Waals surface area contributed by atoms with Crippen molar-refractivity contribution in [2.75, 3.05) is 0 Å². The van der Waals surface area contributed by atoms with Crippen LogP contribution in [0.4, 0.5) is 0 Å². The van der Waals surface area contributed by atoms with Crippen LogP contribution in [0.3, 0.4) is 0 Å². The molecule has 4 nitrogen and oxygen atoms in total. The van der Waals surface area contributed by atoms with Gasteiger partial charge in [-0.25, -0.2) is 4.98 Å². The average Bonchev–Trinajstić information content (AvgIpc) is 3.13. The van der Waals surface area contributed by atoms with Gasteiger partial charge in [-0.1, -0.05) is 0 Å². The van der Waals surface area contributed by atoms with Gasteiger partial charge in [-0.3, -0.25) is 9.78 Å². The lowest BCUT2D eigenvalue weighted by Crippen LogP contribution is -2.33. The van der Waals surface area contributed by atoms with Crippen molar-refractivity contribution in [1.29, 1.82) is 0 Å². The van der Waals surface area contributed by atoms with Gasteiger partial charge < -0.3 is 4.90 Å². The van der Waals surface area contributed by atoms with Crippen LogP contribution in [0.25, 0.3) is 0 Å². The van der Waals surface area contributed by atoms with Crippen LogP contribution in [0.5, 0.6) is 0 Å². The number of hydrogen-bond acceptors (Lipinski definition) is 4. The first-order valence-corrected chi connectivity index (χ1v) is 6.87. The van der Waals surface area contributed by atoms with E-state index in [0.29, 0.717) is 18.3 Å². The number of aromatic nitrogens is 2. The summed E-state index contributed by atoms with van der Waals surface area (Å²) in [5.41, 5.74) is 1.61. The molecule has 5 heteroatoms. The first kappa shape index (κ1) is 11.3. The molecule has 1 saturated carbocycles. The van der Waals surface area contributed by atoms with Crippen molar-refractivity contribution in [2.24, 2.45) is 0 Å². The van der Waals surface area contributed by atoms with Gasteiger partial charge in [0.2, 0.25) is 0 Å². The van der Waals surface area contributed by atoms with Gasteiger partial charge in [0.25, 0.3) is 5.91 Å². The minimum Gasteiger partial charge on any atom is -0.330 e. The molecular formula is C13H13N3OS. The summed E-state index contributed by atoms with van der Waals surface area (Å²) in [6, 6.07) is 2.43. The van der Waals surface area contributed by atoms with E-state index in [1.807, 2.05) is 10.3 Å². The third kappa shape index (κ3) is 2.41. The molecule has 0 atom stereocenters. The van der Waals surface area contributed by atoms with Gasteiger partial charge in [-0.15, -0.1) is 0 Å². The molecule has 0 radical (unpaired) electrons. The molecule has 0 aliphatic heterocycles. The lowest BCUT2D eigenvalue weighted by atomic mass is 10.2. The fourth-order valence-corrected chi connectivity index (χ4v) is 2.55. The molecule has 2 aromatic rings. The van der Waals surface area contributed by atoms with Crippen molar-refractivity contribution < 1.29 is 4.79 Å². The van der Waals surface area contributed by atoms with Crippen LogP contribution in [0.15, 0.2) is 35.4 Å². The maximum atomic E-state index is 12.4. The molecule has 1 aliphatic rings. The molecular weight excluding hydrogens is 246 g/mol. The smallest absolute Gasteiger partial charge is 0.274 e. The quantitative estimate of drug-likeness (QED) is 0.846. The summed E-state index contributed by atoms with van der Waals surface area (Å²) in [6.07, 6.45) is 6.86. The molecule has 18 heavy (non-hydrogen) atoms. The molecule has 2 heterocycles. The fourth-order valence-electron chi connectivity index (χ4n) is 1.89. The SMILES string of the molecule is O=C(c1cnccn1)N(Cc1ccsc1)C1CC1. The second kappa shape index (κ2) is 4.86. The molecule has 92 valence electrons. The predicted molar refractivity (Wildman–Crippen MR) is 69.2 cm³/mol. The first-order chi connectivity index (χ1) is 8.84. The van der Waals surface area contributed by atoms with E-state index < -0.39 is 0 Å². The first-order valence-electron chi connectivity index (χ1n) is 5.92. The second-order valence-electron chi connectivity index (χ2n) is 4.39. The number of amides is 1. The van der Waals surface area contributed by atoms with E-state index in [2.05, 4.69) is 21.4 Å². The molecule has 1 aliphatic carbocycles. The Morgan fingerprint density at radius 1 is 1.44 bits per heavy atom. The van der Waals surface area contributed by atoms with E-state index in [9.17, 15) is 4.79 Å². The van der Waals surface area contributed by atoms with Crippen LogP contribution in [-0.4, -0.2) is 26.8 Å². The highest BCUT2D eigenvalue weighted by molar-refractivity contribution is 7.07. The Kier molecular flexibility index (Phi) is 3.06. The van der Waals surface area contributed by atoms with Crippen molar-refractivity contribution in [2.45, 2.75) is 25.4 Å². The van der Waals surface area contributed by atoms with E-state index in [1.54, 1.807) is 23.7 Å². The van der Waals surface area contributed by atoms with Gasteiger partial charge >= 0.3 is 0 Å². The maximum Gasteiger partial charge on any atom is 0.274 e. The zero-order valence-electron chi connectivity index (χ0n) is 9.82. The Morgan fingerprint density at radius 2 is 2.33 bits per heavy atom. The standard InChI is InChI=1S/C13H13N3OS/c17-13(12-7-14-4-5-15-12)16(11-1-2-11)8-10-3-6-18-9-10/h3-7,9,11H,1-2,8H2. The van der Waals surface area contributed by atoms with Crippen molar-refractivity contribution in [3.05, 3.63) is 46.7 Å². The summed E-state index contributed by atoms with van der Waals surface area (Å²) in [7, 11) is 0. The third-order valence-electron chi connectivity index (χ3n) is 2.96.